The van der Waals surface area contributed by atoms with Gasteiger partial charge in [0, 0.05) is 6.42 Å². The average Bonchev–Trinajstić information content (AvgIpc) is 2.54. The highest BCUT2D eigenvalue weighted by Crippen LogP contribution is 1.99. The van der Waals surface area contributed by atoms with Crippen molar-refractivity contribution < 1.29 is 39.3 Å². The molecule has 0 aromatic carbocycles. The topological polar surface area (TPSA) is 208 Å². The van der Waals surface area contributed by atoms with Gasteiger partial charge < -0.3 is 37.0 Å². The molecule has 0 saturated carbocycles. The Morgan fingerprint density at radius 2 is 1.58 bits per heavy atom. The number of carboxylic acid groups (broad SMARTS) is 2. The van der Waals surface area contributed by atoms with E-state index in [1.54, 1.807) is 0 Å². The summed E-state index contributed by atoms with van der Waals surface area (Å²) in [5.41, 5.74) is 5.37. The van der Waals surface area contributed by atoms with Gasteiger partial charge in [0.2, 0.25) is 17.7 Å². The lowest BCUT2D eigenvalue weighted by Gasteiger charge is -2.19. The minimum Gasteiger partial charge on any atom is -0.481 e. The van der Waals surface area contributed by atoms with Crippen molar-refractivity contribution in [1.82, 2.24) is 16.0 Å². The summed E-state index contributed by atoms with van der Waals surface area (Å²) < 4.78 is 0. The first-order valence-corrected chi connectivity index (χ1v) is 7.71. The Hall–Kier alpha value is -2.73. The van der Waals surface area contributed by atoms with E-state index in [1.807, 2.05) is 0 Å². The van der Waals surface area contributed by atoms with Gasteiger partial charge in [0.05, 0.1) is 12.6 Å². The number of nitrogens with one attached hydrogen (secondary N) is 3. The minimum atomic E-state index is -1.42. The molecule has 0 fully saturated rings. The number of hydrogen-bond acceptors (Lipinski definition) is 7. The summed E-state index contributed by atoms with van der Waals surface area (Å²) in [6, 6.07) is -3.76. The number of rotatable bonds is 11. The quantitative estimate of drug-likeness (QED) is 0.193. The summed E-state index contributed by atoms with van der Waals surface area (Å²) >= 11 is 0. The predicted octanol–water partition coefficient (Wildman–Crippen LogP) is -3.25. The van der Waals surface area contributed by atoms with E-state index in [2.05, 4.69) is 16.0 Å². The summed E-state index contributed by atoms with van der Waals surface area (Å²) in [6.07, 6.45) is -1.88. The molecular formula is C14H24N4O8. The number of aliphatic hydroxyl groups is 1. The molecule has 0 heterocycles. The predicted molar refractivity (Wildman–Crippen MR) is 86.7 cm³/mol. The van der Waals surface area contributed by atoms with Crippen LogP contribution in [0.15, 0.2) is 0 Å². The van der Waals surface area contributed by atoms with Crippen LogP contribution in [0, 0.1) is 0 Å². The van der Waals surface area contributed by atoms with Crippen LogP contribution in [-0.4, -0.2) is 75.8 Å². The van der Waals surface area contributed by atoms with Crippen molar-refractivity contribution in [1.29, 1.82) is 0 Å². The molecule has 12 heteroatoms. The lowest BCUT2D eigenvalue weighted by molar-refractivity contribution is -0.143. The molecule has 0 aromatic heterocycles. The van der Waals surface area contributed by atoms with Crippen LogP contribution in [0.5, 0.6) is 0 Å². The minimum absolute atomic E-state index is 0.315. The van der Waals surface area contributed by atoms with Crippen LogP contribution in [-0.2, 0) is 24.0 Å². The molecule has 12 nitrogen and oxygen atoms in total. The highest BCUT2D eigenvalue weighted by molar-refractivity contribution is 5.92. The van der Waals surface area contributed by atoms with Gasteiger partial charge in [0.25, 0.3) is 0 Å². The molecular weight excluding hydrogens is 352 g/mol. The second-order valence-corrected chi connectivity index (χ2v) is 5.61. The van der Waals surface area contributed by atoms with Gasteiger partial charge >= 0.3 is 11.9 Å². The maximum absolute atomic E-state index is 11.9. The van der Waals surface area contributed by atoms with E-state index in [4.69, 9.17) is 21.1 Å². The van der Waals surface area contributed by atoms with Gasteiger partial charge in [-0.25, -0.2) is 4.79 Å². The normalized spacial score (nSPS) is 15.1. The van der Waals surface area contributed by atoms with Gasteiger partial charge in [-0.3, -0.25) is 19.2 Å². The molecule has 0 saturated heterocycles. The van der Waals surface area contributed by atoms with Crippen LogP contribution >= 0.6 is 0 Å². The first-order chi connectivity index (χ1) is 12.0. The number of nitrogens with two attached hydrogens (primary N) is 1. The summed E-state index contributed by atoms with van der Waals surface area (Å²) in [7, 11) is 0. The Bertz CT molecular complexity index is 551. The van der Waals surface area contributed by atoms with Crippen LogP contribution < -0.4 is 21.7 Å². The SMILES string of the molecule is CC(NC(=O)CNC(=O)C(N)C(C)O)C(=O)NC(CCC(=O)O)C(=O)O. The fourth-order valence-corrected chi connectivity index (χ4v) is 1.68. The van der Waals surface area contributed by atoms with Gasteiger partial charge in [-0.15, -0.1) is 0 Å². The Morgan fingerprint density at radius 3 is 2.04 bits per heavy atom. The highest BCUT2D eigenvalue weighted by Gasteiger charge is 2.25. The van der Waals surface area contributed by atoms with Crippen molar-refractivity contribution in [3.05, 3.63) is 0 Å². The fraction of sp³-hybridized carbons (Fsp3) is 0.643. The van der Waals surface area contributed by atoms with Crippen LogP contribution in [0.4, 0.5) is 0 Å². The van der Waals surface area contributed by atoms with Crippen molar-refractivity contribution in [3.8, 4) is 0 Å². The third kappa shape index (κ3) is 8.94. The maximum atomic E-state index is 11.9. The molecule has 0 aliphatic rings. The van der Waals surface area contributed by atoms with E-state index in [0.717, 1.165) is 0 Å². The van der Waals surface area contributed by atoms with Gasteiger partial charge in [0.1, 0.15) is 18.1 Å². The number of carboxylic acids is 2. The Kier molecular flexibility index (Phi) is 9.84. The van der Waals surface area contributed by atoms with Gasteiger partial charge in [-0.2, -0.15) is 0 Å². The summed E-state index contributed by atoms with van der Waals surface area (Å²) in [5, 5.41) is 33.2. The fourth-order valence-electron chi connectivity index (χ4n) is 1.68. The number of aliphatic carboxylic acids is 2. The maximum Gasteiger partial charge on any atom is 0.326 e. The number of amides is 3. The molecule has 26 heavy (non-hydrogen) atoms. The summed E-state index contributed by atoms with van der Waals surface area (Å²) in [6.45, 7) is 2.09. The van der Waals surface area contributed by atoms with Crippen molar-refractivity contribution >= 4 is 29.7 Å². The van der Waals surface area contributed by atoms with Crippen LogP contribution in [0.3, 0.4) is 0 Å². The largest absolute Gasteiger partial charge is 0.481 e. The molecule has 0 aliphatic heterocycles. The number of carbonyl (C=O) groups is 5. The van der Waals surface area contributed by atoms with Crippen LogP contribution in [0.25, 0.3) is 0 Å². The van der Waals surface area contributed by atoms with E-state index >= 15 is 0 Å². The smallest absolute Gasteiger partial charge is 0.326 e. The van der Waals surface area contributed by atoms with E-state index in [0.29, 0.717) is 0 Å². The third-order valence-electron chi connectivity index (χ3n) is 3.28. The van der Waals surface area contributed by atoms with E-state index < -0.39 is 66.9 Å². The molecule has 148 valence electrons. The zero-order valence-electron chi connectivity index (χ0n) is 14.4. The lowest BCUT2D eigenvalue weighted by Crippen LogP contribution is -2.53. The molecule has 8 N–H and O–H groups in total. The van der Waals surface area contributed by atoms with Crippen molar-refractivity contribution in [2.45, 2.75) is 50.9 Å². The second kappa shape index (κ2) is 11.0. The summed E-state index contributed by atoms with van der Waals surface area (Å²) in [5.74, 6) is -4.94. The molecule has 0 aromatic rings. The third-order valence-corrected chi connectivity index (χ3v) is 3.28. The Morgan fingerprint density at radius 1 is 1.00 bits per heavy atom. The second-order valence-electron chi connectivity index (χ2n) is 5.61. The summed E-state index contributed by atoms with van der Waals surface area (Å²) in [4.78, 5) is 56.6. The first kappa shape index (κ1) is 23.3. The van der Waals surface area contributed by atoms with Crippen molar-refractivity contribution in [2.75, 3.05) is 6.54 Å². The van der Waals surface area contributed by atoms with E-state index in [9.17, 15) is 24.0 Å². The highest BCUT2D eigenvalue weighted by atomic mass is 16.4. The molecule has 0 bridgehead atoms. The average molecular weight is 376 g/mol. The molecule has 0 rings (SSSR count). The van der Waals surface area contributed by atoms with E-state index in [-0.39, 0.29) is 6.42 Å². The number of carbonyl (C=O) groups excluding carboxylic acids is 3. The molecule has 4 unspecified atom stereocenters. The first-order valence-electron chi connectivity index (χ1n) is 7.71. The van der Waals surface area contributed by atoms with Crippen molar-refractivity contribution in [2.24, 2.45) is 5.73 Å². The van der Waals surface area contributed by atoms with E-state index in [1.165, 1.54) is 13.8 Å². The molecule has 3 amide bonds. The standard InChI is InChI=1S/C14H24N4O8/c1-6(12(23)18-8(14(25)26)3-4-10(21)22)17-9(20)5-16-13(24)11(15)7(2)19/h6-8,11,19H,3-5,15H2,1-2H3,(H,16,24)(H,17,20)(H,18,23)(H,21,22)(H,25,26). The Labute approximate surface area is 149 Å². The Balaban J connectivity index is 4.46. The molecule has 0 radical (unpaired) electrons. The molecule has 0 spiro atoms. The number of aliphatic hydroxyl groups excluding tert-OH is 1. The lowest BCUT2D eigenvalue weighted by atomic mass is 10.1. The molecule has 0 aliphatic carbocycles. The van der Waals surface area contributed by atoms with Gasteiger partial charge in [-0.1, -0.05) is 0 Å². The molecule has 4 atom stereocenters. The van der Waals surface area contributed by atoms with Crippen LogP contribution in [0.1, 0.15) is 26.7 Å². The van der Waals surface area contributed by atoms with Gasteiger partial charge in [0.15, 0.2) is 0 Å². The van der Waals surface area contributed by atoms with Crippen LogP contribution in [0.2, 0.25) is 0 Å². The monoisotopic (exact) mass is 376 g/mol. The van der Waals surface area contributed by atoms with Crippen molar-refractivity contribution in [3.63, 3.8) is 0 Å². The number of hydrogen-bond donors (Lipinski definition) is 7. The zero-order valence-corrected chi connectivity index (χ0v) is 14.4. The van der Waals surface area contributed by atoms with Gasteiger partial charge in [-0.05, 0) is 20.3 Å². The zero-order chi connectivity index (χ0) is 20.4.